The Morgan fingerprint density at radius 1 is 0.938 bits per heavy atom. The molecule has 4 rings (SSSR count). The highest BCUT2D eigenvalue weighted by Crippen LogP contribution is 2.31. The van der Waals surface area contributed by atoms with Gasteiger partial charge in [0.2, 0.25) is 5.91 Å². The molecular formula is C26H24N2O4. The molecule has 0 saturated carbocycles. The van der Waals surface area contributed by atoms with Gasteiger partial charge in [0.15, 0.2) is 23.1 Å². The van der Waals surface area contributed by atoms with Crippen molar-refractivity contribution in [2.24, 2.45) is 0 Å². The van der Waals surface area contributed by atoms with E-state index in [1.165, 1.54) is 0 Å². The quantitative estimate of drug-likeness (QED) is 0.348. The van der Waals surface area contributed by atoms with Crippen LogP contribution in [0.1, 0.15) is 18.7 Å². The number of amides is 1. The van der Waals surface area contributed by atoms with E-state index in [-0.39, 0.29) is 5.91 Å². The molecule has 0 saturated heterocycles. The van der Waals surface area contributed by atoms with Crippen LogP contribution in [0, 0.1) is 0 Å². The van der Waals surface area contributed by atoms with E-state index >= 15 is 0 Å². The van der Waals surface area contributed by atoms with Gasteiger partial charge in [0, 0.05) is 24.1 Å². The lowest BCUT2D eigenvalue weighted by atomic mass is 10.2. The van der Waals surface area contributed by atoms with Crippen molar-refractivity contribution >= 4 is 11.6 Å². The molecule has 0 fully saturated rings. The third-order valence-electron chi connectivity index (χ3n) is 4.84. The van der Waals surface area contributed by atoms with Crippen molar-refractivity contribution in [3.8, 4) is 28.6 Å². The highest BCUT2D eigenvalue weighted by Gasteiger charge is 2.09. The van der Waals surface area contributed by atoms with Gasteiger partial charge in [-0.2, -0.15) is 0 Å². The van der Waals surface area contributed by atoms with Crippen molar-refractivity contribution in [1.82, 2.24) is 4.98 Å². The predicted molar refractivity (Wildman–Crippen MR) is 123 cm³/mol. The fourth-order valence-corrected chi connectivity index (χ4v) is 3.22. The Hall–Kier alpha value is -4.06. The minimum atomic E-state index is -0.0572. The fourth-order valence-electron chi connectivity index (χ4n) is 3.22. The summed E-state index contributed by atoms with van der Waals surface area (Å²) in [7, 11) is 1.60. The van der Waals surface area contributed by atoms with Gasteiger partial charge in [-0.1, -0.05) is 42.5 Å². The number of methoxy groups -OCH3 is 1. The number of carbonyl (C=O) groups excluding carboxylic acids is 1. The predicted octanol–water partition coefficient (Wildman–Crippen LogP) is 6.10. The van der Waals surface area contributed by atoms with E-state index in [1.807, 2.05) is 66.7 Å². The molecule has 1 heterocycles. The lowest BCUT2D eigenvalue weighted by Gasteiger charge is -2.10. The number of nitrogens with one attached hydrogen (secondary N) is 1. The number of para-hydroxylation sites is 2. The second-order valence-corrected chi connectivity index (χ2v) is 7.16. The summed E-state index contributed by atoms with van der Waals surface area (Å²) >= 11 is 0. The number of hydrogen-bond donors (Lipinski definition) is 1. The second-order valence-electron chi connectivity index (χ2n) is 7.16. The van der Waals surface area contributed by atoms with Gasteiger partial charge in [-0.3, -0.25) is 4.79 Å². The van der Waals surface area contributed by atoms with Crippen LogP contribution < -0.4 is 14.8 Å². The first kappa shape index (κ1) is 21.2. The molecule has 0 spiro atoms. The lowest BCUT2D eigenvalue weighted by Crippen LogP contribution is -2.11. The molecule has 0 unspecified atom stereocenters. The summed E-state index contributed by atoms with van der Waals surface area (Å²) in [6.07, 6.45) is 3.35. The molecule has 32 heavy (non-hydrogen) atoms. The molecule has 6 heteroatoms. The molecule has 6 nitrogen and oxygen atoms in total. The first-order valence-corrected chi connectivity index (χ1v) is 10.4. The van der Waals surface area contributed by atoms with Crippen molar-refractivity contribution in [1.29, 1.82) is 0 Å². The highest BCUT2D eigenvalue weighted by molar-refractivity contribution is 5.90. The molecule has 0 aliphatic rings. The maximum atomic E-state index is 12.3. The van der Waals surface area contributed by atoms with Crippen molar-refractivity contribution in [2.75, 3.05) is 12.4 Å². The van der Waals surface area contributed by atoms with Crippen LogP contribution in [0.5, 0.6) is 17.2 Å². The molecule has 0 radical (unpaired) electrons. The largest absolute Gasteiger partial charge is 0.493 e. The summed E-state index contributed by atoms with van der Waals surface area (Å²) in [5.41, 5.74) is 1.70. The van der Waals surface area contributed by atoms with Gasteiger partial charge in [-0.25, -0.2) is 4.98 Å². The minimum absolute atomic E-state index is 0.0572. The second kappa shape index (κ2) is 10.3. The monoisotopic (exact) mass is 428 g/mol. The van der Waals surface area contributed by atoms with Crippen LogP contribution in [0.3, 0.4) is 0 Å². The molecule has 1 aromatic heterocycles. The van der Waals surface area contributed by atoms with Gasteiger partial charge in [0.25, 0.3) is 0 Å². The van der Waals surface area contributed by atoms with E-state index in [1.54, 1.807) is 25.4 Å². The van der Waals surface area contributed by atoms with Crippen LogP contribution >= 0.6 is 0 Å². The van der Waals surface area contributed by atoms with Crippen molar-refractivity contribution in [3.63, 3.8) is 0 Å². The number of nitrogens with zero attached hydrogens (tertiary/aromatic N) is 1. The molecule has 4 aromatic rings. The molecule has 0 aliphatic heterocycles. The summed E-state index contributed by atoms with van der Waals surface area (Å²) in [5.74, 6) is 3.26. The van der Waals surface area contributed by atoms with Gasteiger partial charge in [-0.05, 0) is 42.8 Å². The van der Waals surface area contributed by atoms with E-state index in [4.69, 9.17) is 13.9 Å². The zero-order valence-corrected chi connectivity index (χ0v) is 17.8. The number of rotatable bonds is 9. The Morgan fingerprint density at radius 3 is 2.41 bits per heavy atom. The average Bonchev–Trinajstić information content (AvgIpc) is 3.30. The summed E-state index contributed by atoms with van der Waals surface area (Å²) in [4.78, 5) is 16.6. The number of oxazole rings is 1. The molecule has 0 aliphatic carbocycles. The normalized spacial score (nSPS) is 10.5. The zero-order valence-electron chi connectivity index (χ0n) is 17.8. The number of benzene rings is 3. The van der Waals surface area contributed by atoms with E-state index in [2.05, 4.69) is 10.3 Å². The number of aryl methyl sites for hydroxylation is 1. The van der Waals surface area contributed by atoms with E-state index in [0.717, 1.165) is 11.3 Å². The number of hydrogen-bond acceptors (Lipinski definition) is 5. The zero-order chi connectivity index (χ0) is 22.2. The Balaban J connectivity index is 1.24. The number of ether oxygens (including phenoxy) is 2. The first-order chi connectivity index (χ1) is 15.7. The molecule has 1 amide bonds. The highest BCUT2D eigenvalue weighted by atomic mass is 16.5. The van der Waals surface area contributed by atoms with Crippen LogP contribution in [0.15, 0.2) is 89.5 Å². The van der Waals surface area contributed by atoms with Gasteiger partial charge in [-0.15, -0.1) is 0 Å². The average molecular weight is 428 g/mol. The molecular weight excluding hydrogens is 404 g/mol. The molecule has 3 aromatic carbocycles. The van der Waals surface area contributed by atoms with Crippen molar-refractivity contribution in [2.45, 2.75) is 19.3 Å². The molecule has 1 N–H and O–H groups in total. The first-order valence-electron chi connectivity index (χ1n) is 10.4. The summed E-state index contributed by atoms with van der Waals surface area (Å²) in [6, 6.07) is 24.5. The third-order valence-corrected chi connectivity index (χ3v) is 4.84. The Kier molecular flexibility index (Phi) is 6.82. The smallest absolute Gasteiger partial charge is 0.224 e. The molecule has 0 bridgehead atoms. The van der Waals surface area contributed by atoms with Gasteiger partial charge >= 0.3 is 0 Å². The Bertz CT molecular complexity index is 1150. The maximum absolute atomic E-state index is 12.3. The van der Waals surface area contributed by atoms with E-state index < -0.39 is 0 Å². The Morgan fingerprint density at radius 2 is 1.66 bits per heavy atom. The number of carbonyl (C=O) groups is 1. The van der Waals surface area contributed by atoms with Gasteiger partial charge in [0.05, 0.1) is 13.3 Å². The van der Waals surface area contributed by atoms with Gasteiger partial charge < -0.3 is 19.2 Å². The van der Waals surface area contributed by atoms with Crippen LogP contribution in [0.25, 0.3) is 11.3 Å². The molecule has 0 atom stereocenters. The SMILES string of the molecule is COc1ccccc1Oc1ccc(NC(=O)CCCc2ncc(-c3ccccc3)o2)cc1. The standard InChI is InChI=1S/C26H24N2O4/c1-30-22-10-5-6-11-23(22)31-21-16-14-20(15-17-21)28-25(29)12-7-13-26-27-18-24(32-26)19-8-3-2-4-9-19/h2-6,8-11,14-18H,7,12-13H2,1H3,(H,28,29). The van der Waals surface area contributed by atoms with Crippen molar-refractivity contribution in [3.05, 3.63) is 91.0 Å². The van der Waals surface area contributed by atoms with Crippen LogP contribution in [-0.2, 0) is 11.2 Å². The lowest BCUT2D eigenvalue weighted by molar-refractivity contribution is -0.116. The topological polar surface area (TPSA) is 73.6 Å². The summed E-state index contributed by atoms with van der Waals surface area (Å²) in [5, 5.41) is 2.90. The minimum Gasteiger partial charge on any atom is -0.493 e. The van der Waals surface area contributed by atoms with Crippen LogP contribution in [0.4, 0.5) is 5.69 Å². The van der Waals surface area contributed by atoms with Gasteiger partial charge in [0.1, 0.15) is 5.75 Å². The van der Waals surface area contributed by atoms with Crippen LogP contribution in [0.2, 0.25) is 0 Å². The molecule has 162 valence electrons. The van der Waals surface area contributed by atoms with Crippen molar-refractivity contribution < 1.29 is 18.7 Å². The Labute approximate surface area is 186 Å². The maximum Gasteiger partial charge on any atom is 0.224 e. The van der Waals surface area contributed by atoms with E-state index in [0.29, 0.717) is 48.1 Å². The fraction of sp³-hybridized carbons (Fsp3) is 0.154. The summed E-state index contributed by atoms with van der Waals surface area (Å²) < 4.78 is 16.9. The number of anilines is 1. The third kappa shape index (κ3) is 5.55. The van der Waals surface area contributed by atoms with E-state index in [9.17, 15) is 4.79 Å². The number of aromatic nitrogens is 1. The van der Waals surface area contributed by atoms with Crippen LogP contribution in [-0.4, -0.2) is 18.0 Å². The summed E-state index contributed by atoms with van der Waals surface area (Å²) in [6.45, 7) is 0.